The van der Waals surface area contributed by atoms with Crippen LogP contribution in [0.4, 0.5) is 0 Å². The molecule has 1 aliphatic rings. The summed E-state index contributed by atoms with van der Waals surface area (Å²) >= 11 is 0. The van der Waals surface area contributed by atoms with E-state index in [1.54, 1.807) is 6.08 Å². The molecule has 13 heavy (non-hydrogen) atoms. The minimum Gasteiger partial charge on any atom is -0.462 e. The molecule has 0 saturated carbocycles. The number of rotatable bonds is 1. The van der Waals surface area contributed by atoms with E-state index in [0.717, 1.165) is 0 Å². The summed E-state index contributed by atoms with van der Waals surface area (Å²) in [6.07, 6.45) is 6.92. The van der Waals surface area contributed by atoms with E-state index >= 15 is 0 Å². The summed E-state index contributed by atoms with van der Waals surface area (Å²) < 4.78 is 4.96. The monoisotopic (exact) mass is 180 g/mol. The van der Waals surface area contributed by atoms with Crippen molar-refractivity contribution < 1.29 is 14.6 Å². The number of carbonyl (C=O) groups is 1. The van der Waals surface area contributed by atoms with Gasteiger partial charge in [0.1, 0.15) is 6.10 Å². The topological polar surface area (TPSA) is 46.5 Å². The molecule has 0 unspecified atom stereocenters. The van der Waals surface area contributed by atoms with Crippen LogP contribution >= 0.6 is 0 Å². The van der Waals surface area contributed by atoms with E-state index in [0.29, 0.717) is 18.4 Å². The Morgan fingerprint density at radius 2 is 2.54 bits per heavy atom. The van der Waals surface area contributed by atoms with Crippen LogP contribution < -0.4 is 0 Å². The van der Waals surface area contributed by atoms with Crippen molar-refractivity contribution in [3.05, 3.63) is 11.6 Å². The van der Waals surface area contributed by atoms with Gasteiger partial charge in [-0.2, -0.15) is 0 Å². The fourth-order valence-electron chi connectivity index (χ4n) is 1.40. The number of hydrogen-bond donors (Lipinski definition) is 1. The number of aliphatic hydroxyl groups excluding tert-OH is 1. The SMILES string of the molecule is C#CC1=C[C@@H](O)C[C@@H](OC(C)=O)C1. The molecule has 70 valence electrons. The molecular formula is C10H12O3. The molecule has 0 fully saturated rings. The molecule has 1 rings (SSSR count). The Hall–Kier alpha value is -1.27. The smallest absolute Gasteiger partial charge is 0.302 e. The highest BCUT2D eigenvalue weighted by molar-refractivity contribution is 5.66. The van der Waals surface area contributed by atoms with E-state index in [9.17, 15) is 9.90 Å². The lowest BCUT2D eigenvalue weighted by Gasteiger charge is -2.23. The molecule has 0 spiro atoms. The van der Waals surface area contributed by atoms with Crippen LogP contribution in [0.3, 0.4) is 0 Å². The van der Waals surface area contributed by atoms with Crippen molar-refractivity contribution in [1.29, 1.82) is 0 Å². The summed E-state index contributed by atoms with van der Waals surface area (Å²) in [7, 11) is 0. The van der Waals surface area contributed by atoms with Crippen molar-refractivity contribution in [2.24, 2.45) is 0 Å². The molecule has 0 radical (unpaired) electrons. The summed E-state index contributed by atoms with van der Waals surface area (Å²) in [5, 5.41) is 9.33. The number of terminal acetylenes is 1. The molecule has 2 atom stereocenters. The van der Waals surface area contributed by atoms with Crippen molar-refractivity contribution in [3.63, 3.8) is 0 Å². The van der Waals surface area contributed by atoms with Crippen LogP contribution in [-0.2, 0) is 9.53 Å². The highest BCUT2D eigenvalue weighted by Gasteiger charge is 2.22. The molecule has 1 aliphatic carbocycles. The van der Waals surface area contributed by atoms with E-state index < -0.39 is 6.10 Å². The summed E-state index contributed by atoms with van der Waals surface area (Å²) in [6, 6.07) is 0. The number of ether oxygens (including phenoxy) is 1. The number of aliphatic hydroxyl groups is 1. The van der Waals surface area contributed by atoms with Crippen molar-refractivity contribution in [2.75, 3.05) is 0 Å². The fourth-order valence-corrected chi connectivity index (χ4v) is 1.40. The van der Waals surface area contributed by atoms with Crippen molar-refractivity contribution in [2.45, 2.75) is 32.0 Å². The van der Waals surface area contributed by atoms with Crippen LogP contribution in [0.15, 0.2) is 11.6 Å². The lowest BCUT2D eigenvalue weighted by atomic mass is 9.95. The van der Waals surface area contributed by atoms with Gasteiger partial charge in [0.2, 0.25) is 0 Å². The lowest BCUT2D eigenvalue weighted by molar-refractivity contribution is -0.147. The molecule has 0 aliphatic heterocycles. The van der Waals surface area contributed by atoms with Gasteiger partial charge in [0.15, 0.2) is 0 Å². The molecule has 0 amide bonds. The Kier molecular flexibility index (Phi) is 3.10. The molecule has 0 bridgehead atoms. The first kappa shape index (κ1) is 9.82. The zero-order chi connectivity index (χ0) is 9.84. The van der Waals surface area contributed by atoms with Gasteiger partial charge in [0, 0.05) is 25.3 Å². The van der Waals surface area contributed by atoms with Gasteiger partial charge in [0.25, 0.3) is 0 Å². The van der Waals surface area contributed by atoms with Gasteiger partial charge < -0.3 is 9.84 Å². The van der Waals surface area contributed by atoms with Crippen LogP contribution in [0.25, 0.3) is 0 Å². The van der Waals surface area contributed by atoms with Gasteiger partial charge in [-0.15, -0.1) is 6.42 Å². The van der Waals surface area contributed by atoms with Gasteiger partial charge in [-0.05, 0) is 6.08 Å². The molecular weight excluding hydrogens is 168 g/mol. The van der Waals surface area contributed by atoms with Crippen molar-refractivity contribution >= 4 is 5.97 Å². The van der Waals surface area contributed by atoms with E-state index in [4.69, 9.17) is 11.2 Å². The zero-order valence-corrected chi connectivity index (χ0v) is 7.49. The van der Waals surface area contributed by atoms with E-state index in [-0.39, 0.29) is 12.1 Å². The second-order valence-corrected chi connectivity index (χ2v) is 3.07. The minimum atomic E-state index is -0.593. The predicted octanol–water partition coefficient (Wildman–Crippen LogP) is 0.632. The third-order valence-electron chi connectivity index (χ3n) is 1.86. The highest BCUT2D eigenvalue weighted by atomic mass is 16.5. The first-order valence-electron chi connectivity index (χ1n) is 4.14. The molecule has 3 heteroatoms. The van der Waals surface area contributed by atoms with Crippen LogP contribution in [0.5, 0.6) is 0 Å². The number of carbonyl (C=O) groups excluding carboxylic acids is 1. The maximum absolute atomic E-state index is 10.6. The van der Waals surface area contributed by atoms with E-state index in [2.05, 4.69) is 5.92 Å². The molecule has 3 nitrogen and oxygen atoms in total. The van der Waals surface area contributed by atoms with Gasteiger partial charge in [-0.25, -0.2) is 0 Å². The zero-order valence-electron chi connectivity index (χ0n) is 7.49. The largest absolute Gasteiger partial charge is 0.462 e. The molecule has 0 aromatic heterocycles. The second kappa shape index (κ2) is 4.11. The summed E-state index contributed by atoms with van der Waals surface area (Å²) in [4.78, 5) is 10.6. The fraction of sp³-hybridized carbons (Fsp3) is 0.500. The predicted molar refractivity (Wildman–Crippen MR) is 47.7 cm³/mol. The van der Waals surface area contributed by atoms with Crippen molar-refractivity contribution in [3.8, 4) is 12.3 Å². The molecule has 0 aromatic rings. The van der Waals surface area contributed by atoms with Gasteiger partial charge in [-0.3, -0.25) is 4.79 Å². The molecule has 0 saturated heterocycles. The first-order valence-corrected chi connectivity index (χ1v) is 4.14. The Labute approximate surface area is 77.4 Å². The van der Waals surface area contributed by atoms with E-state index in [1.165, 1.54) is 6.92 Å². The van der Waals surface area contributed by atoms with Gasteiger partial charge in [0.05, 0.1) is 6.10 Å². The normalized spacial score (nSPS) is 27.3. The highest BCUT2D eigenvalue weighted by Crippen LogP contribution is 2.20. The maximum atomic E-state index is 10.6. The third kappa shape index (κ3) is 2.92. The number of esters is 1. The average molecular weight is 180 g/mol. The summed E-state index contributed by atoms with van der Waals surface area (Å²) in [6.45, 7) is 1.35. The standard InChI is InChI=1S/C10H12O3/c1-3-8-4-9(12)6-10(5-8)13-7(2)11/h1,4,9-10,12H,5-6H2,2H3/t9-,10+/m1/s1. The van der Waals surface area contributed by atoms with Crippen molar-refractivity contribution in [1.82, 2.24) is 0 Å². The minimum absolute atomic E-state index is 0.274. The lowest BCUT2D eigenvalue weighted by Crippen LogP contribution is -2.26. The Morgan fingerprint density at radius 3 is 3.08 bits per heavy atom. The van der Waals surface area contributed by atoms with Crippen LogP contribution in [0, 0.1) is 12.3 Å². The van der Waals surface area contributed by atoms with Crippen LogP contribution in [-0.4, -0.2) is 23.3 Å². The van der Waals surface area contributed by atoms with Crippen LogP contribution in [0.1, 0.15) is 19.8 Å². The quantitative estimate of drug-likeness (QED) is 0.475. The molecule has 0 aromatic carbocycles. The average Bonchev–Trinajstić information content (AvgIpc) is 2.01. The maximum Gasteiger partial charge on any atom is 0.302 e. The Bertz CT molecular complexity index is 272. The van der Waals surface area contributed by atoms with E-state index in [1.807, 2.05) is 0 Å². The van der Waals surface area contributed by atoms with Gasteiger partial charge in [-0.1, -0.05) is 5.92 Å². The molecule has 0 heterocycles. The molecule has 1 N–H and O–H groups in total. The van der Waals surface area contributed by atoms with Crippen LogP contribution in [0.2, 0.25) is 0 Å². The second-order valence-electron chi connectivity index (χ2n) is 3.07. The Morgan fingerprint density at radius 1 is 1.85 bits per heavy atom. The summed E-state index contributed by atoms with van der Waals surface area (Å²) in [5.41, 5.74) is 0.699. The van der Waals surface area contributed by atoms with Gasteiger partial charge >= 0.3 is 5.97 Å². The first-order chi connectivity index (χ1) is 6.11. The Balaban J connectivity index is 2.60. The summed E-state index contributed by atoms with van der Waals surface area (Å²) in [5.74, 6) is 2.11. The third-order valence-corrected chi connectivity index (χ3v) is 1.86. The number of hydrogen-bond acceptors (Lipinski definition) is 3.